The molecular formula is C27H29ClO4. The van der Waals surface area contributed by atoms with Gasteiger partial charge in [0.15, 0.2) is 11.4 Å². The third-order valence-electron chi connectivity index (χ3n) is 7.67. The molecule has 168 valence electrons. The van der Waals surface area contributed by atoms with E-state index in [0.717, 1.165) is 65.7 Å². The summed E-state index contributed by atoms with van der Waals surface area (Å²) in [6.07, 6.45) is 4.94. The Hall–Kier alpha value is -2.30. The maximum atomic E-state index is 13.2. The van der Waals surface area contributed by atoms with E-state index in [4.69, 9.17) is 21.1 Å². The van der Waals surface area contributed by atoms with E-state index in [2.05, 4.69) is 13.0 Å². The first-order valence-corrected chi connectivity index (χ1v) is 11.8. The second kappa shape index (κ2) is 7.64. The molecule has 2 aromatic rings. The summed E-state index contributed by atoms with van der Waals surface area (Å²) in [5.74, 6) is -0.338. The minimum absolute atomic E-state index is 0.0902. The van der Waals surface area contributed by atoms with Gasteiger partial charge in [0.2, 0.25) is 0 Å². The summed E-state index contributed by atoms with van der Waals surface area (Å²) in [6.45, 7) is 6.87. The van der Waals surface area contributed by atoms with Crippen LogP contribution in [0.2, 0.25) is 5.02 Å². The van der Waals surface area contributed by atoms with E-state index in [9.17, 15) is 9.90 Å². The number of hydrogen-bond acceptors (Lipinski definition) is 4. The number of rotatable bonds is 2. The van der Waals surface area contributed by atoms with Gasteiger partial charge in [0.1, 0.15) is 5.57 Å². The smallest absolute Gasteiger partial charge is 0.343 e. The van der Waals surface area contributed by atoms with Crippen molar-refractivity contribution in [2.24, 2.45) is 0 Å². The third-order valence-corrected chi connectivity index (χ3v) is 7.92. The molecule has 4 nitrogen and oxygen atoms in total. The number of esters is 1. The zero-order valence-electron chi connectivity index (χ0n) is 18.9. The first-order valence-electron chi connectivity index (χ1n) is 11.4. The van der Waals surface area contributed by atoms with Gasteiger partial charge in [0.05, 0.1) is 5.60 Å². The van der Waals surface area contributed by atoms with Crippen LogP contribution >= 0.6 is 11.6 Å². The van der Waals surface area contributed by atoms with Gasteiger partial charge in [0, 0.05) is 11.6 Å². The maximum Gasteiger partial charge on any atom is 0.343 e. The van der Waals surface area contributed by atoms with E-state index in [-0.39, 0.29) is 11.4 Å². The number of aliphatic hydroxyl groups excluding tert-OH is 1. The highest BCUT2D eigenvalue weighted by atomic mass is 35.5. The Kier molecular flexibility index (Phi) is 5.14. The van der Waals surface area contributed by atoms with Gasteiger partial charge in [0.25, 0.3) is 0 Å². The monoisotopic (exact) mass is 452 g/mol. The Morgan fingerprint density at radius 3 is 2.22 bits per heavy atom. The van der Waals surface area contributed by atoms with Gasteiger partial charge in [-0.2, -0.15) is 0 Å². The largest absolute Gasteiger partial charge is 0.507 e. The van der Waals surface area contributed by atoms with Crippen molar-refractivity contribution in [1.82, 2.24) is 0 Å². The molecule has 0 aromatic heterocycles. The van der Waals surface area contributed by atoms with Crippen molar-refractivity contribution >= 4 is 23.1 Å². The minimum atomic E-state index is -0.923. The van der Waals surface area contributed by atoms with Crippen LogP contribution in [-0.2, 0) is 14.3 Å². The van der Waals surface area contributed by atoms with E-state index in [1.165, 1.54) is 0 Å². The highest BCUT2D eigenvalue weighted by Crippen LogP contribution is 2.51. The molecule has 0 atom stereocenters. The summed E-state index contributed by atoms with van der Waals surface area (Å²) in [6, 6.07) is 9.79. The highest BCUT2D eigenvalue weighted by Gasteiger charge is 2.54. The second-order valence-electron chi connectivity index (χ2n) is 9.63. The van der Waals surface area contributed by atoms with Crippen LogP contribution in [0, 0.1) is 20.8 Å². The molecule has 2 fully saturated rings. The Bertz CT molecular complexity index is 1110. The van der Waals surface area contributed by atoms with Crippen LogP contribution in [0.1, 0.15) is 60.8 Å². The molecule has 0 amide bonds. The van der Waals surface area contributed by atoms with Gasteiger partial charge in [-0.05, 0) is 105 Å². The molecule has 2 aliphatic heterocycles. The zero-order chi connectivity index (χ0) is 22.7. The normalized spacial score (nSPS) is 27.6. The van der Waals surface area contributed by atoms with E-state index in [1.807, 2.05) is 38.1 Å². The fraction of sp³-hybridized carbons (Fsp3) is 0.444. The van der Waals surface area contributed by atoms with Crippen molar-refractivity contribution in [3.05, 3.63) is 63.4 Å². The molecule has 32 heavy (non-hydrogen) atoms. The molecule has 5 rings (SSSR count). The molecule has 2 heterocycles. The first kappa shape index (κ1) is 21.5. The van der Waals surface area contributed by atoms with Crippen LogP contribution in [0.25, 0.3) is 16.7 Å². The van der Waals surface area contributed by atoms with Crippen molar-refractivity contribution in [3.63, 3.8) is 0 Å². The van der Waals surface area contributed by atoms with Gasteiger partial charge in [-0.1, -0.05) is 29.8 Å². The quantitative estimate of drug-likeness (QED) is 0.520. The third kappa shape index (κ3) is 3.27. The number of halogens is 1. The molecule has 1 N–H and O–H groups in total. The molecule has 0 radical (unpaired) electrons. The number of benzene rings is 2. The topological polar surface area (TPSA) is 55.8 Å². The summed E-state index contributed by atoms with van der Waals surface area (Å²) < 4.78 is 12.0. The average Bonchev–Trinajstić information content (AvgIpc) is 3.30. The van der Waals surface area contributed by atoms with Gasteiger partial charge in [-0.25, -0.2) is 4.79 Å². The van der Waals surface area contributed by atoms with Crippen LogP contribution < -0.4 is 0 Å². The fourth-order valence-electron chi connectivity index (χ4n) is 6.05. The van der Waals surface area contributed by atoms with Crippen LogP contribution in [0.15, 0.2) is 36.1 Å². The molecule has 0 bridgehead atoms. The summed E-state index contributed by atoms with van der Waals surface area (Å²) in [7, 11) is 0. The van der Waals surface area contributed by atoms with Crippen molar-refractivity contribution in [2.75, 3.05) is 6.61 Å². The molecular weight excluding hydrogens is 424 g/mol. The van der Waals surface area contributed by atoms with E-state index in [0.29, 0.717) is 23.4 Å². The van der Waals surface area contributed by atoms with Crippen LogP contribution in [0.3, 0.4) is 0 Å². The predicted molar refractivity (Wildman–Crippen MR) is 126 cm³/mol. The molecule has 1 aliphatic carbocycles. The van der Waals surface area contributed by atoms with Crippen molar-refractivity contribution < 1.29 is 19.4 Å². The Balaban J connectivity index is 1.59. The molecule has 1 saturated heterocycles. The Labute approximate surface area is 194 Å². The molecule has 2 aromatic carbocycles. The highest BCUT2D eigenvalue weighted by molar-refractivity contribution is 6.30. The number of aliphatic hydroxyl groups is 1. The fourth-order valence-corrected chi connectivity index (χ4v) is 6.18. The lowest BCUT2D eigenvalue weighted by atomic mass is 9.73. The number of ether oxygens (including phenoxy) is 2. The number of hydrogen-bond donors (Lipinski definition) is 1. The Morgan fingerprint density at radius 2 is 1.59 bits per heavy atom. The lowest BCUT2D eigenvalue weighted by molar-refractivity contribution is -0.156. The van der Waals surface area contributed by atoms with Crippen LogP contribution in [0.5, 0.6) is 0 Å². The summed E-state index contributed by atoms with van der Waals surface area (Å²) in [4.78, 5) is 13.2. The van der Waals surface area contributed by atoms with Crippen LogP contribution in [0.4, 0.5) is 0 Å². The number of carbonyl (C=O) groups is 1. The summed E-state index contributed by atoms with van der Waals surface area (Å²) >= 11 is 6.09. The average molecular weight is 453 g/mol. The van der Waals surface area contributed by atoms with Gasteiger partial charge >= 0.3 is 5.97 Å². The molecule has 1 saturated carbocycles. The summed E-state index contributed by atoms with van der Waals surface area (Å²) in [5.41, 5.74) is 5.20. The van der Waals surface area contributed by atoms with Crippen molar-refractivity contribution in [2.45, 2.75) is 70.5 Å². The Morgan fingerprint density at radius 1 is 0.938 bits per heavy atom. The van der Waals surface area contributed by atoms with Gasteiger partial charge in [-0.15, -0.1) is 0 Å². The molecule has 2 spiro atoms. The maximum absolute atomic E-state index is 13.2. The standard InChI is InChI=1S/C27H29ClO4/c1-16-15-17(2)22(18(3)21(16)19-5-7-20(28)8-6-19)23-24(29)27(32-25(23)30)12-10-26(11-13-27)9-4-14-31-26/h5-8,15,29H,4,9-14H2,1-3H3. The predicted octanol–water partition coefficient (Wildman–Crippen LogP) is 6.62. The van der Waals surface area contributed by atoms with Crippen LogP contribution in [-0.4, -0.2) is 28.9 Å². The summed E-state index contributed by atoms with van der Waals surface area (Å²) in [5, 5.41) is 12.1. The second-order valence-corrected chi connectivity index (χ2v) is 10.1. The van der Waals surface area contributed by atoms with Gasteiger partial charge < -0.3 is 14.6 Å². The lowest BCUT2D eigenvalue weighted by Crippen LogP contribution is -2.44. The van der Waals surface area contributed by atoms with Gasteiger partial charge in [-0.3, -0.25) is 0 Å². The molecule has 3 aliphatic rings. The number of carbonyl (C=O) groups excluding carboxylic acids is 1. The first-order chi connectivity index (χ1) is 15.3. The SMILES string of the molecule is Cc1cc(C)c(-c2ccc(Cl)cc2)c(C)c1C1=C(O)C2(CCC3(CCCO3)CC2)OC1=O. The zero-order valence-corrected chi connectivity index (χ0v) is 19.6. The van der Waals surface area contributed by atoms with Crippen molar-refractivity contribution in [3.8, 4) is 11.1 Å². The number of aryl methyl sites for hydroxylation is 2. The lowest BCUT2D eigenvalue weighted by Gasteiger charge is -2.41. The molecule has 5 heteroatoms. The van der Waals surface area contributed by atoms with E-state index in [1.54, 1.807) is 0 Å². The van der Waals surface area contributed by atoms with E-state index >= 15 is 0 Å². The minimum Gasteiger partial charge on any atom is -0.507 e. The molecule has 0 unspecified atom stereocenters. The van der Waals surface area contributed by atoms with Crippen molar-refractivity contribution in [1.29, 1.82) is 0 Å². The van der Waals surface area contributed by atoms with E-state index < -0.39 is 11.6 Å².